The van der Waals surface area contributed by atoms with Crippen molar-refractivity contribution in [3.63, 3.8) is 0 Å². The minimum atomic E-state index is -0.932. The number of aromatic nitrogens is 1. The molecule has 0 unspecified atom stereocenters. The third-order valence-corrected chi connectivity index (χ3v) is 4.66. The predicted molar refractivity (Wildman–Crippen MR) is 116 cm³/mol. The zero-order valence-corrected chi connectivity index (χ0v) is 16.6. The summed E-state index contributed by atoms with van der Waals surface area (Å²) in [6, 6.07) is 24.7. The average Bonchev–Trinajstić information content (AvgIpc) is 2.76. The maximum Gasteiger partial charge on any atom is 0.329 e. The number of anilines is 1. The fourth-order valence-corrected chi connectivity index (χ4v) is 3.16. The van der Waals surface area contributed by atoms with E-state index in [2.05, 4.69) is 41.3 Å². The molecule has 0 bridgehead atoms. The Morgan fingerprint density at radius 3 is 2.24 bits per heavy atom. The third kappa shape index (κ3) is 5.90. The second-order valence-electron chi connectivity index (χ2n) is 6.87. The number of carboxylic acids is 1. The van der Waals surface area contributed by atoms with Gasteiger partial charge in [0.05, 0.1) is 5.69 Å². The molecule has 0 saturated carbocycles. The third-order valence-electron chi connectivity index (χ3n) is 4.66. The topological polar surface area (TPSA) is 62.7 Å². The van der Waals surface area contributed by atoms with Crippen molar-refractivity contribution in [1.29, 1.82) is 0 Å². The van der Waals surface area contributed by atoms with Crippen molar-refractivity contribution in [2.75, 3.05) is 31.7 Å². The summed E-state index contributed by atoms with van der Waals surface area (Å²) >= 11 is 0. The van der Waals surface area contributed by atoms with Crippen molar-refractivity contribution in [1.82, 2.24) is 4.98 Å². The van der Waals surface area contributed by atoms with Crippen LogP contribution in [0.4, 0.5) is 5.82 Å². The standard InChI is InChI=1S/C24H26N2O3/c1-26(16-8-9-17-29-18-23(27)28)22-15-14-21(19-10-4-2-5-11-19)24(25-22)20-12-6-3-7-13-20/h2-7,10-15H,8-9,16-18H2,1H3,(H,27,28). The Morgan fingerprint density at radius 2 is 1.59 bits per heavy atom. The summed E-state index contributed by atoms with van der Waals surface area (Å²) in [4.78, 5) is 17.6. The molecule has 150 valence electrons. The maximum atomic E-state index is 10.5. The Balaban J connectivity index is 1.74. The number of hydrogen-bond donors (Lipinski definition) is 1. The number of rotatable bonds is 10. The first-order chi connectivity index (χ1) is 14.1. The van der Waals surface area contributed by atoms with Gasteiger partial charge in [-0.05, 0) is 30.5 Å². The summed E-state index contributed by atoms with van der Waals surface area (Å²) in [5, 5.41) is 8.59. The van der Waals surface area contributed by atoms with Gasteiger partial charge >= 0.3 is 5.97 Å². The molecule has 3 aromatic rings. The summed E-state index contributed by atoms with van der Waals surface area (Å²) in [6.45, 7) is 1.04. The molecular formula is C24H26N2O3. The van der Waals surface area contributed by atoms with E-state index >= 15 is 0 Å². The van der Waals surface area contributed by atoms with Gasteiger partial charge in [-0.3, -0.25) is 0 Å². The highest BCUT2D eigenvalue weighted by molar-refractivity contribution is 5.81. The molecule has 1 heterocycles. The normalized spacial score (nSPS) is 10.7. The second kappa shape index (κ2) is 10.4. The molecule has 1 aromatic heterocycles. The highest BCUT2D eigenvalue weighted by Gasteiger charge is 2.12. The Kier molecular flexibility index (Phi) is 7.36. The molecular weight excluding hydrogens is 364 g/mol. The first kappa shape index (κ1) is 20.6. The molecule has 0 amide bonds. The lowest BCUT2D eigenvalue weighted by molar-refractivity contribution is -0.142. The predicted octanol–water partition coefficient (Wildman–Crippen LogP) is 4.73. The van der Waals surface area contributed by atoms with Crippen LogP contribution in [-0.4, -0.2) is 42.9 Å². The van der Waals surface area contributed by atoms with Crippen LogP contribution in [0.5, 0.6) is 0 Å². The number of carbonyl (C=O) groups is 1. The van der Waals surface area contributed by atoms with Gasteiger partial charge in [0.15, 0.2) is 0 Å². The van der Waals surface area contributed by atoms with E-state index in [9.17, 15) is 4.79 Å². The van der Waals surface area contributed by atoms with Crippen LogP contribution in [0.25, 0.3) is 22.4 Å². The van der Waals surface area contributed by atoms with Crippen LogP contribution in [0.15, 0.2) is 72.8 Å². The molecule has 0 aliphatic rings. The number of unbranched alkanes of at least 4 members (excludes halogenated alkanes) is 1. The zero-order chi connectivity index (χ0) is 20.5. The van der Waals surface area contributed by atoms with Crippen molar-refractivity contribution in [2.45, 2.75) is 12.8 Å². The fraction of sp³-hybridized carbons (Fsp3) is 0.250. The summed E-state index contributed by atoms with van der Waals surface area (Å²) in [5.74, 6) is -0.0201. The van der Waals surface area contributed by atoms with Gasteiger partial charge in [-0.25, -0.2) is 9.78 Å². The maximum absolute atomic E-state index is 10.5. The van der Waals surface area contributed by atoms with Crippen LogP contribution in [-0.2, 0) is 9.53 Å². The van der Waals surface area contributed by atoms with E-state index in [0.717, 1.165) is 47.6 Å². The largest absolute Gasteiger partial charge is 0.480 e. The summed E-state index contributed by atoms with van der Waals surface area (Å²) in [7, 11) is 2.03. The van der Waals surface area contributed by atoms with Crippen LogP contribution in [0.1, 0.15) is 12.8 Å². The second-order valence-corrected chi connectivity index (χ2v) is 6.87. The molecule has 1 N–H and O–H groups in total. The van der Waals surface area contributed by atoms with Crippen molar-refractivity contribution >= 4 is 11.8 Å². The number of hydrogen-bond acceptors (Lipinski definition) is 4. The lowest BCUT2D eigenvalue weighted by Gasteiger charge is -2.20. The fourth-order valence-electron chi connectivity index (χ4n) is 3.16. The van der Waals surface area contributed by atoms with Crippen molar-refractivity contribution in [3.8, 4) is 22.4 Å². The van der Waals surface area contributed by atoms with Gasteiger partial charge in [-0.2, -0.15) is 0 Å². The van der Waals surface area contributed by atoms with Crippen molar-refractivity contribution in [3.05, 3.63) is 72.8 Å². The highest BCUT2D eigenvalue weighted by Crippen LogP contribution is 2.32. The molecule has 2 aromatic carbocycles. The molecule has 0 fully saturated rings. The monoisotopic (exact) mass is 390 g/mol. The summed E-state index contributed by atoms with van der Waals surface area (Å²) < 4.78 is 5.09. The lowest BCUT2D eigenvalue weighted by Crippen LogP contribution is -2.20. The molecule has 0 aliphatic carbocycles. The number of benzene rings is 2. The Hall–Kier alpha value is -3.18. The molecule has 0 spiro atoms. The Bertz CT molecular complexity index is 914. The van der Waals surface area contributed by atoms with Crippen LogP contribution in [0.2, 0.25) is 0 Å². The minimum absolute atomic E-state index is 0.237. The lowest BCUT2D eigenvalue weighted by atomic mass is 9.99. The van der Waals surface area contributed by atoms with Crippen molar-refractivity contribution < 1.29 is 14.6 Å². The quantitative estimate of drug-likeness (QED) is 0.507. The average molecular weight is 390 g/mol. The van der Waals surface area contributed by atoms with Crippen LogP contribution in [0.3, 0.4) is 0 Å². The molecule has 5 nitrogen and oxygen atoms in total. The van der Waals surface area contributed by atoms with E-state index in [1.807, 2.05) is 43.4 Å². The van der Waals surface area contributed by atoms with Crippen molar-refractivity contribution in [2.24, 2.45) is 0 Å². The first-order valence-electron chi connectivity index (χ1n) is 9.77. The molecule has 0 radical (unpaired) electrons. The molecule has 0 atom stereocenters. The Morgan fingerprint density at radius 1 is 0.931 bits per heavy atom. The van der Waals surface area contributed by atoms with E-state index in [-0.39, 0.29) is 6.61 Å². The minimum Gasteiger partial charge on any atom is -0.480 e. The van der Waals surface area contributed by atoms with Gasteiger partial charge in [-0.15, -0.1) is 0 Å². The van der Waals surface area contributed by atoms with Gasteiger partial charge < -0.3 is 14.7 Å². The molecule has 0 aliphatic heterocycles. The number of aliphatic carboxylic acids is 1. The van der Waals surface area contributed by atoms with Gasteiger partial charge in [0.25, 0.3) is 0 Å². The summed E-state index contributed by atoms with van der Waals surface area (Å²) in [5.41, 5.74) is 4.30. The highest BCUT2D eigenvalue weighted by atomic mass is 16.5. The zero-order valence-electron chi connectivity index (χ0n) is 16.6. The van der Waals surface area contributed by atoms with Gasteiger partial charge in [0.1, 0.15) is 12.4 Å². The number of ether oxygens (including phenoxy) is 1. The molecule has 3 rings (SSSR count). The first-order valence-corrected chi connectivity index (χ1v) is 9.77. The van der Waals surface area contributed by atoms with Crippen LogP contribution in [0, 0.1) is 0 Å². The molecule has 0 saturated heterocycles. The molecule has 5 heteroatoms. The SMILES string of the molecule is CN(CCCCOCC(=O)O)c1ccc(-c2ccccc2)c(-c2ccccc2)n1. The summed E-state index contributed by atoms with van der Waals surface area (Å²) in [6.07, 6.45) is 1.71. The van der Waals surface area contributed by atoms with E-state index in [0.29, 0.717) is 6.61 Å². The number of nitrogens with zero attached hydrogens (tertiary/aromatic N) is 2. The smallest absolute Gasteiger partial charge is 0.329 e. The molecule has 29 heavy (non-hydrogen) atoms. The van der Waals surface area contributed by atoms with Gasteiger partial charge in [-0.1, -0.05) is 60.7 Å². The van der Waals surface area contributed by atoms with Crippen LogP contribution < -0.4 is 4.90 Å². The van der Waals surface area contributed by atoms with Gasteiger partial charge in [0, 0.05) is 31.3 Å². The number of pyridine rings is 1. The van der Waals surface area contributed by atoms with E-state index in [1.54, 1.807) is 0 Å². The number of carboxylic acid groups (broad SMARTS) is 1. The van der Waals surface area contributed by atoms with Crippen LogP contribution >= 0.6 is 0 Å². The Labute approximate surface area is 171 Å². The van der Waals surface area contributed by atoms with Gasteiger partial charge in [0.2, 0.25) is 0 Å². The van der Waals surface area contributed by atoms with E-state index in [4.69, 9.17) is 14.8 Å². The van der Waals surface area contributed by atoms with E-state index in [1.165, 1.54) is 0 Å². The van der Waals surface area contributed by atoms with E-state index < -0.39 is 5.97 Å².